The van der Waals surface area contributed by atoms with Crippen LogP contribution in [0.1, 0.15) is 53.4 Å². The van der Waals surface area contributed by atoms with E-state index in [1.165, 1.54) is 0 Å². The molecule has 1 aliphatic heterocycles. The summed E-state index contributed by atoms with van der Waals surface area (Å²) in [5, 5.41) is 11.4. The van der Waals surface area contributed by atoms with Crippen molar-refractivity contribution in [2.24, 2.45) is 5.41 Å². The van der Waals surface area contributed by atoms with Crippen LogP contribution in [0.5, 0.6) is 0 Å². The van der Waals surface area contributed by atoms with E-state index in [4.69, 9.17) is 5.11 Å². The van der Waals surface area contributed by atoms with E-state index in [-0.39, 0.29) is 23.7 Å². The SMILES string of the molecule is CC(CC(=O)O)NC(=O)C1CCCN1C(=O)CC(C)(C)C. The lowest BCUT2D eigenvalue weighted by Gasteiger charge is -2.28. The Balaban J connectivity index is 2.62. The van der Waals surface area contributed by atoms with Gasteiger partial charge in [0.25, 0.3) is 0 Å². The molecule has 0 aromatic rings. The van der Waals surface area contributed by atoms with Crippen LogP contribution in [-0.2, 0) is 14.4 Å². The van der Waals surface area contributed by atoms with Crippen LogP contribution in [0.2, 0.25) is 0 Å². The second-order valence-electron chi connectivity index (χ2n) is 6.99. The first-order chi connectivity index (χ1) is 9.60. The van der Waals surface area contributed by atoms with Crippen molar-refractivity contribution in [3.63, 3.8) is 0 Å². The quantitative estimate of drug-likeness (QED) is 0.803. The van der Waals surface area contributed by atoms with Crippen LogP contribution in [0.3, 0.4) is 0 Å². The minimum atomic E-state index is -0.949. The molecule has 1 aliphatic rings. The van der Waals surface area contributed by atoms with Gasteiger partial charge in [0.05, 0.1) is 6.42 Å². The summed E-state index contributed by atoms with van der Waals surface area (Å²) in [5.74, 6) is -1.20. The molecule has 2 atom stereocenters. The zero-order valence-electron chi connectivity index (χ0n) is 13.3. The lowest BCUT2D eigenvalue weighted by Crippen LogP contribution is -2.49. The van der Waals surface area contributed by atoms with E-state index in [0.29, 0.717) is 19.4 Å². The predicted octanol–water partition coefficient (Wildman–Crippen LogP) is 1.39. The molecule has 0 aromatic heterocycles. The molecule has 0 bridgehead atoms. The van der Waals surface area contributed by atoms with Crippen molar-refractivity contribution in [1.29, 1.82) is 0 Å². The summed E-state index contributed by atoms with van der Waals surface area (Å²) in [4.78, 5) is 36.8. The number of amides is 2. The fraction of sp³-hybridized carbons (Fsp3) is 0.800. The van der Waals surface area contributed by atoms with Crippen molar-refractivity contribution in [3.05, 3.63) is 0 Å². The highest BCUT2D eigenvalue weighted by atomic mass is 16.4. The molecule has 2 amide bonds. The minimum absolute atomic E-state index is 0.00830. The molecule has 6 nitrogen and oxygen atoms in total. The standard InChI is InChI=1S/C15H26N2O4/c1-10(8-13(19)20)16-14(21)11-6-5-7-17(11)12(18)9-15(2,3)4/h10-11H,5-9H2,1-4H3,(H,16,21)(H,19,20). The number of carbonyl (C=O) groups is 3. The zero-order chi connectivity index (χ0) is 16.2. The summed E-state index contributed by atoms with van der Waals surface area (Å²) in [6, 6.07) is -0.897. The number of likely N-dealkylation sites (tertiary alicyclic amines) is 1. The fourth-order valence-corrected chi connectivity index (χ4v) is 2.55. The summed E-state index contributed by atoms with van der Waals surface area (Å²) < 4.78 is 0. The Morgan fingerprint density at radius 1 is 1.33 bits per heavy atom. The maximum atomic E-state index is 12.3. The van der Waals surface area contributed by atoms with Crippen molar-refractivity contribution in [2.75, 3.05) is 6.54 Å². The van der Waals surface area contributed by atoms with Gasteiger partial charge >= 0.3 is 5.97 Å². The monoisotopic (exact) mass is 298 g/mol. The lowest BCUT2D eigenvalue weighted by atomic mass is 9.91. The Bertz CT molecular complexity index is 414. The van der Waals surface area contributed by atoms with Gasteiger partial charge in [-0.3, -0.25) is 14.4 Å². The largest absolute Gasteiger partial charge is 0.481 e. The van der Waals surface area contributed by atoms with Gasteiger partial charge in [0, 0.05) is 19.0 Å². The number of aliphatic carboxylic acids is 1. The van der Waals surface area contributed by atoms with Crippen molar-refractivity contribution in [1.82, 2.24) is 10.2 Å². The average molecular weight is 298 g/mol. The number of carbonyl (C=O) groups excluding carboxylic acids is 2. The maximum Gasteiger partial charge on any atom is 0.305 e. The fourth-order valence-electron chi connectivity index (χ4n) is 2.55. The zero-order valence-corrected chi connectivity index (χ0v) is 13.3. The van der Waals surface area contributed by atoms with Gasteiger partial charge in [-0.15, -0.1) is 0 Å². The highest BCUT2D eigenvalue weighted by Crippen LogP contribution is 2.24. The van der Waals surface area contributed by atoms with Crippen molar-refractivity contribution < 1.29 is 19.5 Å². The van der Waals surface area contributed by atoms with Gasteiger partial charge < -0.3 is 15.3 Å². The minimum Gasteiger partial charge on any atom is -0.481 e. The van der Waals surface area contributed by atoms with E-state index < -0.39 is 18.1 Å². The van der Waals surface area contributed by atoms with Gasteiger partial charge in [-0.25, -0.2) is 0 Å². The second-order valence-corrected chi connectivity index (χ2v) is 6.99. The van der Waals surface area contributed by atoms with E-state index in [0.717, 1.165) is 6.42 Å². The number of carboxylic acids is 1. The van der Waals surface area contributed by atoms with Crippen LogP contribution in [-0.4, -0.2) is 46.4 Å². The Kier molecular flexibility index (Phi) is 5.75. The first kappa shape index (κ1) is 17.5. The topological polar surface area (TPSA) is 86.7 Å². The molecule has 2 unspecified atom stereocenters. The number of nitrogens with one attached hydrogen (secondary N) is 1. The van der Waals surface area contributed by atoms with Gasteiger partial charge in [-0.05, 0) is 25.2 Å². The summed E-state index contributed by atoms with van der Waals surface area (Å²) in [5.41, 5.74) is -0.114. The molecule has 2 N–H and O–H groups in total. The second kappa shape index (κ2) is 6.91. The smallest absolute Gasteiger partial charge is 0.305 e. The Morgan fingerprint density at radius 2 is 1.95 bits per heavy atom. The summed E-state index contributed by atoms with van der Waals surface area (Å²) in [6.07, 6.45) is 1.73. The number of hydrogen-bond donors (Lipinski definition) is 2. The summed E-state index contributed by atoms with van der Waals surface area (Å²) in [6.45, 7) is 8.23. The van der Waals surface area contributed by atoms with Crippen LogP contribution in [0, 0.1) is 5.41 Å². The number of rotatable bonds is 5. The van der Waals surface area contributed by atoms with Crippen LogP contribution in [0.4, 0.5) is 0 Å². The molecule has 21 heavy (non-hydrogen) atoms. The Morgan fingerprint density at radius 3 is 2.48 bits per heavy atom. The van der Waals surface area contributed by atoms with E-state index in [1.807, 2.05) is 20.8 Å². The van der Waals surface area contributed by atoms with Crippen molar-refractivity contribution >= 4 is 17.8 Å². The molecular formula is C15H26N2O4. The van der Waals surface area contributed by atoms with Crippen LogP contribution >= 0.6 is 0 Å². The Labute approximate surface area is 125 Å². The van der Waals surface area contributed by atoms with Gasteiger partial charge in [-0.2, -0.15) is 0 Å². The molecule has 6 heteroatoms. The third kappa shape index (κ3) is 5.73. The third-order valence-corrected chi connectivity index (χ3v) is 3.43. The summed E-state index contributed by atoms with van der Waals surface area (Å²) in [7, 11) is 0. The molecule has 1 fully saturated rings. The van der Waals surface area contributed by atoms with Gasteiger partial charge in [0.2, 0.25) is 11.8 Å². The third-order valence-electron chi connectivity index (χ3n) is 3.43. The first-order valence-corrected chi connectivity index (χ1v) is 7.42. The number of carboxylic acid groups (broad SMARTS) is 1. The molecule has 1 heterocycles. The average Bonchev–Trinajstić information content (AvgIpc) is 2.73. The summed E-state index contributed by atoms with van der Waals surface area (Å²) >= 11 is 0. The van der Waals surface area contributed by atoms with E-state index >= 15 is 0 Å². The molecule has 0 aromatic carbocycles. The highest BCUT2D eigenvalue weighted by Gasteiger charge is 2.35. The Hall–Kier alpha value is -1.59. The van der Waals surface area contributed by atoms with Crippen LogP contribution < -0.4 is 5.32 Å². The molecule has 0 aliphatic carbocycles. The number of hydrogen-bond acceptors (Lipinski definition) is 3. The predicted molar refractivity (Wildman–Crippen MR) is 78.7 cm³/mol. The van der Waals surface area contributed by atoms with Gasteiger partial charge in [-0.1, -0.05) is 20.8 Å². The molecular weight excluding hydrogens is 272 g/mol. The molecule has 1 saturated heterocycles. The molecule has 0 spiro atoms. The normalized spacial score (nSPS) is 20.2. The van der Waals surface area contributed by atoms with Gasteiger partial charge in [0.1, 0.15) is 6.04 Å². The molecule has 0 saturated carbocycles. The molecule has 1 rings (SSSR count). The maximum absolute atomic E-state index is 12.3. The first-order valence-electron chi connectivity index (χ1n) is 7.42. The molecule has 120 valence electrons. The van der Waals surface area contributed by atoms with Gasteiger partial charge in [0.15, 0.2) is 0 Å². The highest BCUT2D eigenvalue weighted by molar-refractivity contribution is 5.88. The van der Waals surface area contributed by atoms with Crippen LogP contribution in [0.15, 0.2) is 0 Å². The van der Waals surface area contributed by atoms with E-state index in [1.54, 1.807) is 11.8 Å². The lowest BCUT2D eigenvalue weighted by molar-refractivity contribution is -0.141. The van der Waals surface area contributed by atoms with E-state index in [2.05, 4.69) is 5.32 Å². The number of nitrogens with zero attached hydrogens (tertiary/aromatic N) is 1. The van der Waals surface area contributed by atoms with Crippen LogP contribution in [0.25, 0.3) is 0 Å². The molecule has 0 radical (unpaired) electrons. The van der Waals surface area contributed by atoms with Crippen molar-refractivity contribution in [3.8, 4) is 0 Å². The van der Waals surface area contributed by atoms with E-state index in [9.17, 15) is 14.4 Å². The van der Waals surface area contributed by atoms with Crippen molar-refractivity contribution in [2.45, 2.75) is 65.5 Å².